The normalized spacial score (nSPS) is 38.9. The lowest BCUT2D eigenvalue weighted by Crippen LogP contribution is -2.58. The molecule has 4 aliphatic rings. The van der Waals surface area contributed by atoms with Gasteiger partial charge in [0.1, 0.15) is 11.6 Å². The minimum absolute atomic E-state index is 0.00153. The number of nitrogens with one attached hydrogen (secondary N) is 2. The van der Waals surface area contributed by atoms with Crippen LogP contribution in [0.15, 0.2) is 0 Å². The number of amides is 3. The standard InChI is InChI=1S/C23H38N4O6/c1-5-15(13-28)27-18(20(30)25-6-7-26-8-10-32-11-9-26)23-12-14(2)22(3,33-23)16(19(29)24-4)17(23)21(27)31/h14-18,28H,5-13H2,1-4H3,(H,24,29)(H,25,30)/t14?,15-,16+,17-,18?,22-,23?/m0/s1. The number of morpholine rings is 1. The third-order valence-electron chi connectivity index (χ3n) is 8.44. The number of hydrogen-bond donors (Lipinski definition) is 3. The monoisotopic (exact) mass is 466 g/mol. The Kier molecular flexibility index (Phi) is 6.74. The van der Waals surface area contributed by atoms with E-state index in [1.54, 1.807) is 7.05 Å². The van der Waals surface area contributed by atoms with Gasteiger partial charge < -0.3 is 30.1 Å². The second kappa shape index (κ2) is 9.13. The smallest absolute Gasteiger partial charge is 0.245 e. The van der Waals surface area contributed by atoms with Gasteiger partial charge in [-0.3, -0.25) is 19.3 Å². The molecular weight excluding hydrogens is 428 g/mol. The Bertz CT molecular complexity index is 785. The first-order valence-electron chi connectivity index (χ1n) is 12.2. The highest BCUT2D eigenvalue weighted by atomic mass is 16.5. The molecule has 4 heterocycles. The third kappa shape index (κ3) is 3.66. The van der Waals surface area contributed by atoms with Crippen LogP contribution >= 0.6 is 0 Å². The van der Waals surface area contributed by atoms with Gasteiger partial charge in [-0.05, 0) is 25.7 Å². The Morgan fingerprint density at radius 1 is 1.27 bits per heavy atom. The highest BCUT2D eigenvalue weighted by Crippen LogP contribution is 2.65. The number of nitrogens with zero attached hydrogens (tertiary/aromatic N) is 2. The molecular formula is C23H38N4O6. The van der Waals surface area contributed by atoms with Gasteiger partial charge in [0.25, 0.3) is 0 Å². The fourth-order valence-corrected chi connectivity index (χ4v) is 6.60. The molecule has 3 unspecified atom stereocenters. The number of aliphatic hydroxyl groups excluding tert-OH is 1. The molecule has 0 aromatic heterocycles. The van der Waals surface area contributed by atoms with E-state index in [0.29, 0.717) is 39.1 Å². The summed E-state index contributed by atoms with van der Waals surface area (Å²) in [4.78, 5) is 44.1. The maximum Gasteiger partial charge on any atom is 0.245 e. The van der Waals surface area contributed by atoms with Gasteiger partial charge in [0.05, 0.1) is 43.3 Å². The van der Waals surface area contributed by atoms with Crippen LogP contribution in [0.1, 0.15) is 33.6 Å². The summed E-state index contributed by atoms with van der Waals surface area (Å²) in [5.41, 5.74) is -1.90. The van der Waals surface area contributed by atoms with Gasteiger partial charge >= 0.3 is 0 Å². The lowest BCUT2D eigenvalue weighted by Gasteiger charge is -2.37. The molecule has 4 saturated heterocycles. The molecule has 1 spiro atoms. The van der Waals surface area contributed by atoms with Gasteiger partial charge in [-0.25, -0.2) is 0 Å². The molecule has 0 aromatic carbocycles. The first kappa shape index (κ1) is 24.4. The zero-order chi connectivity index (χ0) is 24.0. The second-order valence-corrected chi connectivity index (χ2v) is 10.1. The van der Waals surface area contributed by atoms with Crippen LogP contribution in [0, 0.1) is 17.8 Å². The summed E-state index contributed by atoms with van der Waals surface area (Å²) in [6.45, 7) is 9.69. The number of hydrogen-bond acceptors (Lipinski definition) is 7. The number of rotatable bonds is 8. The minimum Gasteiger partial charge on any atom is -0.394 e. The molecule has 3 amide bonds. The van der Waals surface area contributed by atoms with Crippen LogP contribution in [0.25, 0.3) is 0 Å². The van der Waals surface area contributed by atoms with Gasteiger partial charge in [0, 0.05) is 33.2 Å². The van der Waals surface area contributed by atoms with Crippen molar-refractivity contribution in [3.63, 3.8) is 0 Å². The van der Waals surface area contributed by atoms with Crippen LogP contribution in [-0.2, 0) is 23.9 Å². The molecule has 10 nitrogen and oxygen atoms in total. The quantitative estimate of drug-likeness (QED) is 0.418. The number of likely N-dealkylation sites (tertiary alicyclic amines) is 1. The Morgan fingerprint density at radius 2 is 1.97 bits per heavy atom. The Labute approximate surface area is 195 Å². The summed E-state index contributed by atoms with van der Waals surface area (Å²) in [5.74, 6) is -2.21. The molecule has 3 N–H and O–H groups in total. The van der Waals surface area contributed by atoms with Crippen LogP contribution in [0.2, 0.25) is 0 Å². The molecule has 2 bridgehead atoms. The number of carbonyl (C=O) groups excluding carboxylic acids is 3. The molecule has 10 heteroatoms. The SMILES string of the molecule is CC[C@@H](CO)N1C(=O)[C@@H]2[C@H](C(=O)NC)[C@@]3(C)OC2(CC3C)C1C(=O)NCCN1CCOCC1. The van der Waals surface area contributed by atoms with Crippen molar-refractivity contribution in [1.82, 2.24) is 20.4 Å². The fourth-order valence-electron chi connectivity index (χ4n) is 6.60. The van der Waals surface area contributed by atoms with Gasteiger partial charge in [0.15, 0.2) is 0 Å². The predicted octanol–water partition coefficient (Wildman–Crippen LogP) is -1.04. The maximum absolute atomic E-state index is 13.8. The van der Waals surface area contributed by atoms with Crippen molar-refractivity contribution in [2.24, 2.45) is 17.8 Å². The largest absolute Gasteiger partial charge is 0.394 e. The van der Waals surface area contributed by atoms with E-state index in [1.807, 2.05) is 20.8 Å². The van der Waals surface area contributed by atoms with Crippen LogP contribution < -0.4 is 10.6 Å². The summed E-state index contributed by atoms with van der Waals surface area (Å²) in [6, 6.07) is -1.39. The van der Waals surface area contributed by atoms with Crippen molar-refractivity contribution < 1.29 is 29.0 Å². The highest BCUT2D eigenvalue weighted by molar-refractivity contribution is 5.99. The Morgan fingerprint density at radius 3 is 2.58 bits per heavy atom. The first-order chi connectivity index (χ1) is 15.7. The highest BCUT2D eigenvalue weighted by Gasteiger charge is 2.80. The number of ether oxygens (including phenoxy) is 2. The summed E-state index contributed by atoms with van der Waals surface area (Å²) in [7, 11) is 1.56. The lowest BCUT2D eigenvalue weighted by molar-refractivity contribution is -0.150. The van der Waals surface area contributed by atoms with Gasteiger partial charge in [-0.1, -0.05) is 13.8 Å². The van der Waals surface area contributed by atoms with Crippen LogP contribution in [0.5, 0.6) is 0 Å². The number of aliphatic hydroxyl groups is 1. The van der Waals surface area contributed by atoms with Crippen LogP contribution in [0.3, 0.4) is 0 Å². The second-order valence-electron chi connectivity index (χ2n) is 10.1. The van der Waals surface area contributed by atoms with Gasteiger partial charge in [-0.2, -0.15) is 0 Å². The summed E-state index contributed by atoms with van der Waals surface area (Å²) >= 11 is 0. The van der Waals surface area contributed by atoms with Crippen molar-refractivity contribution in [3.8, 4) is 0 Å². The molecule has 4 rings (SSSR count). The molecule has 7 atom stereocenters. The Hall–Kier alpha value is -1.75. The average Bonchev–Trinajstić information content (AvgIpc) is 3.32. The third-order valence-corrected chi connectivity index (χ3v) is 8.44. The van der Waals surface area contributed by atoms with Crippen LogP contribution in [-0.4, -0.2) is 109 Å². The molecule has 0 aliphatic carbocycles. The van der Waals surface area contributed by atoms with E-state index in [1.165, 1.54) is 4.90 Å². The van der Waals surface area contributed by atoms with Crippen molar-refractivity contribution in [2.45, 2.75) is 56.9 Å². The zero-order valence-electron chi connectivity index (χ0n) is 20.1. The fraction of sp³-hybridized carbons (Fsp3) is 0.870. The van der Waals surface area contributed by atoms with Gasteiger partial charge in [0.2, 0.25) is 17.7 Å². The molecule has 0 saturated carbocycles. The van der Waals surface area contributed by atoms with E-state index in [2.05, 4.69) is 15.5 Å². The zero-order valence-corrected chi connectivity index (χ0v) is 20.1. The summed E-state index contributed by atoms with van der Waals surface area (Å²) < 4.78 is 12.0. The minimum atomic E-state index is -1.08. The molecule has 33 heavy (non-hydrogen) atoms. The first-order valence-corrected chi connectivity index (χ1v) is 12.2. The lowest BCUT2D eigenvalue weighted by atomic mass is 9.62. The van der Waals surface area contributed by atoms with Crippen molar-refractivity contribution >= 4 is 17.7 Å². The molecule has 0 aromatic rings. The number of carbonyl (C=O) groups is 3. The maximum atomic E-state index is 13.8. The van der Waals surface area contributed by atoms with E-state index in [4.69, 9.17) is 9.47 Å². The molecule has 4 fully saturated rings. The Balaban J connectivity index is 1.63. The van der Waals surface area contributed by atoms with Crippen molar-refractivity contribution in [3.05, 3.63) is 0 Å². The summed E-state index contributed by atoms with van der Waals surface area (Å²) in [6.07, 6.45) is 1.02. The predicted molar refractivity (Wildman–Crippen MR) is 119 cm³/mol. The molecule has 0 radical (unpaired) electrons. The number of fused-ring (bicyclic) bond motifs is 1. The van der Waals surface area contributed by atoms with Crippen molar-refractivity contribution in [1.29, 1.82) is 0 Å². The van der Waals surface area contributed by atoms with E-state index in [0.717, 1.165) is 13.1 Å². The van der Waals surface area contributed by atoms with E-state index >= 15 is 0 Å². The van der Waals surface area contributed by atoms with Gasteiger partial charge in [-0.15, -0.1) is 0 Å². The van der Waals surface area contributed by atoms with E-state index < -0.39 is 35.1 Å². The van der Waals surface area contributed by atoms with E-state index in [9.17, 15) is 19.5 Å². The van der Waals surface area contributed by atoms with Crippen LogP contribution in [0.4, 0.5) is 0 Å². The molecule has 186 valence electrons. The van der Waals surface area contributed by atoms with Crippen molar-refractivity contribution in [2.75, 3.05) is 53.0 Å². The summed E-state index contributed by atoms with van der Waals surface area (Å²) in [5, 5.41) is 15.8. The van der Waals surface area contributed by atoms with E-state index in [-0.39, 0.29) is 30.2 Å². The molecule has 4 aliphatic heterocycles. The topological polar surface area (TPSA) is 120 Å². The average molecular weight is 467 g/mol.